The fraction of sp³-hybridized carbons (Fsp3) is 0.0455. The van der Waals surface area contributed by atoms with Gasteiger partial charge in [-0.1, -0.05) is 36.4 Å². The highest BCUT2D eigenvalue weighted by atomic mass is 16.6. The van der Waals surface area contributed by atoms with E-state index in [4.69, 9.17) is 4.42 Å². The summed E-state index contributed by atoms with van der Waals surface area (Å²) in [6.45, 7) is 0. The molecule has 0 aliphatic carbocycles. The van der Waals surface area contributed by atoms with Gasteiger partial charge in [-0.2, -0.15) is 0 Å². The predicted molar refractivity (Wildman–Crippen MR) is 107 cm³/mol. The van der Waals surface area contributed by atoms with Crippen LogP contribution in [0.15, 0.2) is 83.3 Å². The molecule has 0 fully saturated rings. The number of nitro benzene ring substituents is 1. The number of nitro groups is 1. The van der Waals surface area contributed by atoms with Crippen molar-refractivity contribution in [3.8, 4) is 11.3 Å². The number of hydrogen-bond donors (Lipinski definition) is 0. The van der Waals surface area contributed by atoms with Crippen molar-refractivity contribution in [2.45, 2.75) is 0 Å². The summed E-state index contributed by atoms with van der Waals surface area (Å²) in [4.78, 5) is 24.8. The summed E-state index contributed by atoms with van der Waals surface area (Å²) in [5, 5.41) is 12.8. The molecule has 0 N–H and O–H groups in total. The van der Waals surface area contributed by atoms with Gasteiger partial charge in [-0.05, 0) is 35.7 Å². The van der Waals surface area contributed by atoms with E-state index < -0.39 is 4.92 Å². The smallest absolute Gasteiger partial charge is 0.293 e. The fourth-order valence-electron chi connectivity index (χ4n) is 3.13. The van der Waals surface area contributed by atoms with Crippen LogP contribution >= 0.6 is 0 Å². The largest absolute Gasteiger partial charge is 0.451 e. The Kier molecular flexibility index (Phi) is 4.37. The molecule has 0 aliphatic rings. The summed E-state index contributed by atoms with van der Waals surface area (Å²) in [5.41, 5.74) is 1.45. The highest BCUT2D eigenvalue weighted by molar-refractivity contribution is 6.09. The second kappa shape index (κ2) is 7.00. The van der Waals surface area contributed by atoms with E-state index in [0.717, 1.165) is 16.5 Å². The summed E-state index contributed by atoms with van der Waals surface area (Å²) in [5.74, 6) is 0.401. The maximum absolute atomic E-state index is 12.9. The number of furan rings is 1. The van der Waals surface area contributed by atoms with Gasteiger partial charge in [0.25, 0.3) is 11.6 Å². The number of carbonyl (C=O) groups is 1. The lowest BCUT2D eigenvalue weighted by atomic mass is 10.1. The van der Waals surface area contributed by atoms with Crippen LogP contribution in [0.4, 0.5) is 11.4 Å². The monoisotopic (exact) mass is 372 g/mol. The minimum absolute atomic E-state index is 0.00213. The second-order valence-electron chi connectivity index (χ2n) is 6.33. The van der Waals surface area contributed by atoms with Gasteiger partial charge in [-0.3, -0.25) is 14.9 Å². The summed E-state index contributed by atoms with van der Waals surface area (Å²) in [7, 11) is 1.71. The van der Waals surface area contributed by atoms with Crippen molar-refractivity contribution in [2.24, 2.45) is 0 Å². The van der Waals surface area contributed by atoms with Gasteiger partial charge < -0.3 is 9.32 Å². The van der Waals surface area contributed by atoms with Gasteiger partial charge in [0.2, 0.25) is 0 Å². The van der Waals surface area contributed by atoms with E-state index in [1.54, 1.807) is 36.2 Å². The number of fused-ring (bicyclic) bond motifs is 1. The Morgan fingerprint density at radius 1 is 0.929 bits per heavy atom. The van der Waals surface area contributed by atoms with Crippen LogP contribution in [0.1, 0.15) is 10.6 Å². The SMILES string of the molecule is CN(C(=O)c1ccc(-c2ccc([N+](=O)[O-])cc2)o1)c1cccc2ccccc12. The molecular formula is C22H16N2O4. The Morgan fingerprint density at radius 3 is 2.39 bits per heavy atom. The van der Waals surface area contributed by atoms with Crippen molar-refractivity contribution in [3.05, 3.63) is 94.7 Å². The van der Waals surface area contributed by atoms with Crippen LogP contribution in [0, 0.1) is 10.1 Å². The molecule has 0 aliphatic heterocycles. The normalized spacial score (nSPS) is 10.8. The molecule has 0 radical (unpaired) electrons. The van der Waals surface area contributed by atoms with E-state index >= 15 is 0 Å². The number of nitrogens with zero attached hydrogens (tertiary/aromatic N) is 2. The molecule has 0 atom stereocenters. The van der Waals surface area contributed by atoms with Gasteiger partial charge in [0, 0.05) is 30.1 Å². The Morgan fingerprint density at radius 2 is 1.64 bits per heavy atom. The van der Waals surface area contributed by atoms with E-state index in [1.165, 1.54) is 12.1 Å². The van der Waals surface area contributed by atoms with Crippen LogP contribution < -0.4 is 4.90 Å². The fourth-order valence-corrected chi connectivity index (χ4v) is 3.13. The van der Waals surface area contributed by atoms with Crippen LogP contribution in [0.3, 0.4) is 0 Å². The topological polar surface area (TPSA) is 76.6 Å². The number of carbonyl (C=O) groups excluding carboxylic acids is 1. The van der Waals surface area contributed by atoms with Gasteiger partial charge in [-0.25, -0.2) is 0 Å². The number of anilines is 1. The minimum atomic E-state index is -0.458. The quantitative estimate of drug-likeness (QED) is 0.360. The number of rotatable bonds is 4. The molecule has 6 nitrogen and oxygen atoms in total. The zero-order valence-electron chi connectivity index (χ0n) is 15.0. The molecule has 0 unspecified atom stereocenters. The number of non-ortho nitro benzene ring substituents is 1. The van der Waals surface area contributed by atoms with Crippen molar-refractivity contribution in [2.75, 3.05) is 11.9 Å². The van der Waals surface area contributed by atoms with E-state index in [-0.39, 0.29) is 17.4 Å². The third-order valence-corrected chi connectivity index (χ3v) is 4.61. The molecule has 1 heterocycles. The van der Waals surface area contributed by atoms with Gasteiger partial charge in [0.1, 0.15) is 5.76 Å². The third-order valence-electron chi connectivity index (χ3n) is 4.61. The lowest BCUT2D eigenvalue weighted by molar-refractivity contribution is -0.384. The van der Waals surface area contributed by atoms with Gasteiger partial charge in [0.15, 0.2) is 5.76 Å². The Hall–Kier alpha value is -3.93. The average Bonchev–Trinajstić information content (AvgIpc) is 3.22. The maximum atomic E-state index is 12.9. The van der Waals surface area contributed by atoms with Crippen LogP contribution in [0.2, 0.25) is 0 Å². The molecule has 1 amide bonds. The van der Waals surface area contributed by atoms with Gasteiger partial charge >= 0.3 is 0 Å². The van der Waals surface area contributed by atoms with Crippen LogP contribution in [0.25, 0.3) is 22.1 Å². The van der Waals surface area contributed by atoms with E-state index in [1.807, 2.05) is 42.5 Å². The highest BCUT2D eigenvalue weighted by Crippen LogP contribution is 2.29. The lowest BCUT2D eigenvalue weighted by Crippen LogP contribution is -2.25. The molecule has 28 heavy (non-hydrogen) atoms. The molecule has 1 aromatic heterocycles. The maximum Gasteiger partial charge on any atom is 0.293 e. The van der Waals surface area contributed by atoms with Crippen molar-refractivity contribution in [3.63, 3.8) is 0 Å². The van der Waals surface area contributed by atoms with Gasteiger partial charge in [0.05, 0.1) is 10.6 Å². The molecule has 4 aromatic rings. The molecule has 0 saturated carbocycles. The van der Waals surface area contributed by atoms with Crippen molar-refractivity contribution < 1.29 is 14.1 Å². The minimum Gasteiger partial charge on any atom is -0.451 e. The van der Waals surface area contributed by atoms with Crippen molar-refractivity contribution in [1.82, 2.24) is 0 Å². The third kappa shape index (κ3) is 3.12. The highest BCUT2D eigenvalue weighted by Gasteiger charge is 2.19. The standard InChI is InChI=1S/C22H16N2O4/c1-23(19-8-4-6-15-5-2-3-7-18(15)19)22(25)21-14-13-20(28-21)16-9-11-17(12-10-16)24(26)27/h2-14H,1H3. The number of benzene rings is 3. The Labute approximate surface area is 160 Å². The molecule has 4 rings (SSSR count). The van der Waals surface area contributed by atoms with Gasteiger partial charge in [-0.15, -0.1) is 0 Å². The van der Waals surface area contributed by atoms with Crippen LogP contribution in [-0.4, -0.2) is 17.9 Å². The molecule has 0 spiro atoms. The first-order valence-corrected chi connectivity index (χ1v) is 8.65. The molecular weight excluding hydrogens is 356 g/mol. The van der Waals surface area contributed by atoms with E-state index in [2.05, 4.69) is 0 Å². The first kappa shape index (κ1) is 17.5. The second-order valence-corrected chi connectivity index (χ2v) is 6.33. The molecule has 0 bridgehead atoms. The van der Waals surface area contributed by atoms with E-state index in [0.29, 0.717) is 11.3 Å². The predicted octanol–water partition coefficient (Wildman–Crippen LogP) is 5.28. The first-order valence-electron chi connectivity index (χ1n) is 8.65. The zero-order valence-corrected chi connectivity index (χ0v) is 15.0. The van der Waals surface area contributed by atoms with Crippen LogP contribution in [0.5, 0.6) is 0 Å². The Bertz CT molecular complexity index is 1170. The summed E-state index contributed by atoms with van der Waals surface area (Å²) >= 11 is 0. The zero-order chi connectivity index (χ0) is 19.7. The summed E-state index contributed by atoms with van der Waals surface area (Å²) < 4.78 is 5.73. The molecule has 0 saturated heterocycles. The van der Waals surface area contributed by atoms with Crippen molar-refractivity contribution in [1.29, 1.82) is 0 Å². The average molecular weight is 372 g/mol. The van der Waals surface area contributed by atoms with Crippen molar-refractivity contribution >= 4 is 28.1 Å². The lowest BCUT2D eigenvalue weighted by Gasteiger charge is -2.18. The Balaban J connectivity index is 1.63. The van der Waals surface area contributed by atoms with Crippen LogP contribution in [-0.2, 0) is 0 Å². The molecule has 3 aromatic carbocycles. The molecule has 138 valence electrons. The number of hydrogen-bond acceptors (Lipinski definition) is 4. The van der Waals surface area contributed by atoms with E-state index in [9.17, 15) is 14.9 Å². The summed E-state index contributed by atoms with van der Waals surface area (Å²) in [6, 6.07) is 23.0. The number of amides is 1. The first-order chi connectivity index (χ1) is 13.5. The molecule has 6 heteroatoms. The summed E-state index contributed by atoms with van der Waals surface area (Å²) in [6.07, 6.45) is 0.